The van der Waals surface area contributed by atoms with Gasteiger partial charge in [0.05, 0.1) is 18.5 Å². The lowest BCUT2D eigenvalue weighted by Gasteiger charge is -2.37. The Hall–Kier alpha value is -2.58. The first kappa shape index (κ1) is 29.6. The topological polar surface area (TPSA) is 98.9 Å². The SMILES string of the molecule is COc1cc(C(C)(C)C)c(N(C(=O)OS(N)(=O)=O)c2c(C(C)C)cccc2C(C)C)c(C(C)(C)C)c1. The number of carbonyl (C=O) groups excluding carboxylic acids is 1. The van der Waals surface area contributed by atoms with Crippen molar-refractivity contribution in [3.05, 3.63) is 52.6 Å². The van der Waals surface area contributed by atoms with E-state index in [1.165, 1.54) is 4.90 Å². The molecule has 0 aliphatic carbocycles. The Morgan fingerprint density at radius 1 is 0.861 bits per heavy atom. The van der Waals surface area contributed by atoms with Crippen molar-refractivity contribution in [3.8, 4) is 5.75 Å². The van der Waals surface area contributed by atoms with E-state index in [0.717, 1.165) is 22.3 Å². The van der Waals surface area contributed by atoms with Crippen LogP contribution in [0.15, 0.2) is 30.3 Å². The minimum atomic E-state index is -4.58. The predicted molar refractivity (Wildman–Crippen MR) is 147 cm³/mol. The summed E-state index contributed by atoms with van der Waals surface area (Å²) in [6.07, 6.45) is -1.08. The Morgan fingerprint density at radius 2 is 1.28 bits per heavy atom. The lowest BCUT2D eigenvalue weighted by molar-refractivity contribution is 0.212. The quantitative estimate of drug-likeness (QED) is 0.443. The number of nitrogens with two attached hydrogens (primary N) is 1. The minimum Gasteiger partial charge on any atom is -0.497 e. The first-order valence-corrected chi connectivity index (χ1v) is 13.7. The average Bonchev–Trinajstić information content (AvgIpc) is 2.70. The van der Waals surface area contributed by atoms with Gasteiger partial charge in [-0.3, -0.25) is 0 Å². The zero-order valence-corrected chi connectivity index (χ0v) is 24.3. The lowest BCUT2D eigenvalue weighted by atomic mass is 9.77. The van der Waals surface area contributed by atoms with Crippen LogP contribution in [-0.4, -0.2) is 21.6 Å². The van der Waals surface area contributed by atoms with Gasteiger partial charge in [0.15, 0.2) is 0 Å². The lowest BCUT2D eigenvalue weighted by Crippen LogP contribution is -2.36. The summed E-state index contributed by atoms with van der Waals surface area (Å²) in [5.74, 6) is 0.727. The van der Waals surface area contributed by atoms with Crippen LogP contribution in [0, 0.1) is 0 Å². The maximum absolute atomic E-state index is 13.8. The van der Waals surface area contributed by atoms with Gasteiger partial charge in [0.25, 0.3) is 0 Å². The van der Waals surface area contributed by atoms with Crippen LogP contribution in [-0.2, 0) is 25.3 Å². The number of ether oxygens (including phenoxy) is 1. The van der Waals surface area contributed by atoms with E-state index in [1.807, 2.05) is 99.6 Å². The fourth-order valence-electron chi connectivity index (χ4n) is 4.31. The highest BCUT2D eigenvalue weighted by Gasteiger charge is 2.37. The molecule has 0 radical (unpaired) electrons. The fraction of sp³-hybridized carbons (Fsp3) is 0.536. The number of rotatable bonds is 6. The van der Waals surface area contributed by atoms with Crippen LogP contribution in [0.3, 0.4) is 0 Å². The molecule has 0 spiro atoms. The van der Waals surface area contributed by atoms with Gasteiger partial charge in [-0.15, -0.1) is 0 Å². The van der Waals surface area contributed by atoms with Crippen LogP contribution in [0.4, 0.5) is 16.2 Å². The summed E-state index contributed by atoms with van der Waals surface area (Å²) in [4.78, 5) is 15.2. The normalized spacial score (nSPS) is 12.7. The smallest absolute Gasteiger partial charge is 0.435 e. The summed E-state index contributed by atoms with van der Waals surface area (Å²) >= 11 is 0. The maximum Gasteiger partial charge on any atom is 0.435 e. The third-order valence-corrected chi connectivity index (χ3v) is 6.47. The second-order valence-corrected chi connectivity index (χ2v) is 13.0. The molecule has 0 heterocycles. The van der Waals surface area contributed by atoms with Crippen molar-refractivity contribution in [1.29, 1.82) is 0 Å². The fourth-order valence-corrected chi connectivity index (χ4v) is 4.58. The Morgan fingerprint density at radius 3 is 1.58 bits per heavy atom. The van der Waals surface area contributed by atoms with E-state index in [1.54, 1.807) is 7.11 Å². The van der Waals surface area contributed by atoms with E-state index in [0.29, 0.717) is 17.1 Å². The van der Waals surface area contributed by atoms with Crippen molar-refractivity contribution in [2.75, 3.05) is 12.0 Å². The summed E-state index contributed by atoms with van der Waals surface area (Å²) in [6.45, 7) is 20.4. The Bertz CT molecular complexity index is 1160. The third-order valence-electron chi connectivity index (χ3n) is 6.09. The zero-order chi connectivity index (χ0) is 27.8. The highest BCUT2D eigenvalue weighted by Crippen LogP contribution is 2.48. The second-order valence-electron chi connectivity index (χ2n) is 11.8. The summed E-state index contributed by atoms with van der Waals surface area (Å²) in [6, 6.07) is 9.67. The summed E-state index contributed by atoms with van der Waals surface area (Å²) in [7, 11) is -2.97. The summed E-state index contributed by atoms with van der Waals surface area (Å²) < 4.78 is 34.5. The van der Waals surface area contributed by atoms with Crippen molar-refractivity contribution in [3.63, 3.8) is 0 Å². The van der Waals surface area contributed by atoms with Gasteiger partial charge in [0, 0.05) is 0 Å². The number of para-hydroxylation sites is 1. The van der Waals surface area contributed by atoms with Crippen LogP contribution in [0.25, 0.3) is 0 Å². The van der Waals surface area contributed by atoms with Crippen LogP contribution in [0.1, 0.15) is 103 Å². The highest BCUT2D eigenvalue weighted by molar-refractivity contribution is 7.84. The van der Waals surface area contributed by atoms with Gasteiger partial charge in [-0.2, -0.15) is 13.6 Å². The van der Waals surface area contributed by atoms with Gasteiger partial charge in [0.1, 0.15) is 5.75 Å². The number of hydrogen-bond acceptors (Lipinski definition) is 5. The molecule has 200 valence electrons. The van der Waals surface area contributed by atoms with Crippen LogP contribution in [0.5, 0.6) is 5.75 Å². The van der Waals surface area contributed by atoms with Crippen molar-refractivity contribution in [2.24, 2.45) is 5.14 Å². The number of benzene rings is 2. The van der Waals surface area contributed by atoms with Gasteiger partial charge >= 0.3 is 16.4 Å². The van der Waals surface area contributed by atoms with Crippen LogP contribution >= 0.6 is 0 Å². The molecule has 0 aromatic heterocycles. The molecule has 0 fully saturated rings. The van der Waals surface area contributed by atoms with E-state index in [9.17, 15) is 13.2 Å². The van der Waals surface area contributed by atoms with E-state index in [2.05, 4.69) is 0 Å². The first-order valence-electron chi connectivity index (χ1n) is 12.2. The predicted octanol–water partition coefficient (Wildman–Crippen LogP) is 7.02. The standard InChI is InChI=1S/C28H42N2O5S/c1-17(2)20-13-12-14-21(18(3)4)24(20)30(26(31)35-36(29,32)33)25-22(27(5,6)7)15-19(34-11)16-23(25)28(8,9)10/h12-18H,1-11H3,(H2,29,32,33). The van der Waals surface area contributed by atoms with E-state index in [-0.39, 0.29) is 11.8 Å². The maximum atomic E-state index is 13.8. The number of amides is 1. The van der Waals surface area contributed by atoms with E-state index in [4.69, 9.17) is 14.1 Å². The average molecular weight is 519 g/mol. The summed E-state index contributed by atoms with van der Waals surface area (Å²) in [5, 5.41) is 5.20. The molecule has 2 aromatic rings. The van der Waals surface area contributed by atoms with Gasteiger partial charge < -0.3 is 8.92 Å². The molecular weight excluding hydrogens is 476 g/mol. The Kier molecular flexibility index (Phi) is 8.58. The van der Waals surface area contributed by atoms with Crippen molar-refractivity contribution in [1.82, 2.24) is 0 Å². The number of nitrogens with zero attached hydrogens (tertiary/aromatic N) is 1. The monoisotopic (exact) mass is 518 g/mol. The molecule has 1 amide bonds. The van der Waals surface area contributed by atoms with E-state index < -0.39 is 27.2 Å². The largest absolute Gasteiger partial charge is 0.497 e. The van der Waals surface area contributed by atoms with Crippen molar-refractivity contribution >= 4 is 27.8 Å². The molecule has 2 N–H and O–H groups in total. The molecule has 0 aliphatic heterocycles. The number of anilines is 2. The van der Waals surface area contributed by atoms with Crippen LogP contribution < -0.4 is 14.8 Å². The molecule has 0 aliphatic rings. The molecule has 7 nitrogen and oxygen atoms in total. The zero-order valence-electron chi connectivity index (χ0n) is 23.5. The van der Waals surface area contributed by atoms with Gasteiger partial charge in [-0.1, -0.05) is 87.4 Å². The molecule has 0 saturated carbocycles. The second kappa shape index (κ2) is 10.4. The molecule has 2 rings (SSSR count). The highest BCUT2D eigenvalue weighted by atomic mass is 32.2. The molecule has 0 atom stereocenters. The number of methoxy groups -OCH3 is 1. The molecule has 36 heavy (non-hydrogen) atoms. The van der Waals surface area contributed by atoms with Crippen molar-refractivity contribution in [2.45, 2.75) is 91.9 Å². The van der Waals surface area contributed by atoms with Gasteiger partial charge in [-0.25, -0.2) is 9.69 Å². The summed E-state index contributed by atoms with van der Waals surface area (Å²) in [5.41, 5.74) is 3.71. The van der Waals surface area contributed by atoms with Crippen LogP contribution in [0.2, 0.25) is 0 Å². The first-order chi connectivity index (χ1) is 16.3. The Balaban J connectivity index is 3.23. The molecule has 0 unspecified atom stereocenters. The van der Waals surface area contributed by atoms with E-state index >= 15 is 0 Å². The van der Waals surface area contributed by atoms with Gasteiger partial charge in [0.2, 0.25) is 0 Å². The minimum absolute atomic E-state index is 0.0397. The number of hydrogen-bond donors (Lipinski definition) is 1. The molecule has 8 heteroatoms. The molecular formula is C28H42N2O5S. The van der Waals surface area contributed by atoms with Crippen molar-refractivity contribution < 1.29 is 22.1 Å². The molecule has 2 aromatic carbocycles. The third kappa shape index (κ3) is 6.59. The number of carbonyl (C=O) groups is 1. The van der Waals surface area contributed by atoms with Gasteiger partial charge in [-0.05, 0) is 57.1 Å². The molecule has 0 saturated heterocycles. The Labute approximate surface area is 217 Å². The molecule has 0 bridgehead atoms.